The molecule has 0 aliphatic rings. The van der Waals surface area contributed by atoms with E-state index in [1.165, 1.54) is 30.6 Å². The fraction of sp³-hybridized carbons (Fsp3) is 0. The first-order valence-electron chi connectivity index (χ1n) is 7.12. The van der Waals surface area contributed by atoms with E-state index < -0.39 is 5.82 Å². The Labute approximate surface area is 152 Å². The average Bonchev–Trinajstić information content (AvgIpc) is 2.61. The lowest BCUT2D eigenvalue weighted by molar-refractivity contribution is 0.102. The van der Waals surface area contributed by atoms with E-state index in [0.29, 0.717) is 16.4 Å². The first-order chi connectivity index (χ1) is 12.0. The Morgan fingerprint density at radius 1 is 0.960 bits per heavy atom. The van der Waals surface area contributed by atoms with Crippen LogP contribution in [-0.2, 0) is 0 Å². The molecule has 1 heterocycles. The van der Waals surface area contributed by atoms with E-state index in [1.54, 1.807) is 24.3 Å². The number of carbonyl (C=O) groups excluding carboxylic acids is 1. The van der Waals surface area contributed by atoms with Crippen molar-refractivity contribution in [1.82, 2.24) is 9.97 Å². The van der Waals surface area contributed by atoms with E-state index in [1.807, 2.05) is 0 Å². The molecule has 2 N–H and O–H groups in total. The van der Waals surface area contributed by atoms with Crippen LogP contribution in [-0.4, -0.2) is 15.9 Å². The van der Waals surface area contributed by atoms with Crippen molar-refractivity contribution in [1.29, 1.82) is 0 Å². The van der Waals surface area contributed by atoms with Crippen molar-refractivity contribution in [3.63, 3.8) is 0 Å². The van der Waals surface area contributed by atoms with Gasteiger partial charge in [-0.1, -0.05) is 23.2 Å². The standard InChI is InChI=1S/C17H11Cl2FN4O/c18-11-1-3-12(4-2-11)23-16(25)10-8-21-17(22-9-10)24-13-5-6-15(20)14(19)7-13/h1-9H,(H,23,25)(H,21,22,24). The van der Waals surface area contributed by atoms with Gasteiger partial charge in [0.1, 0.15) is 5.82 Å². The molecule has 0 spiro atoms. The van der Waals surface area contributed by atoms with Crippen molar-refractivity contribution in [3.8, 4) is 0 Å². The fourth-order valence-electron chi connectivity index (χ4n) is 1.95. The summed E-state index contributed by atoms with van der Waals surface area (Å²) in [7, 11) is 0. The van der Waals surface area contributed by atoms with E-state index in [-0.39, 0.29) is 22.4 Å². The number of hydrogen-bond donors (Lipinski definition) is 2. The van der Waals surface area contributed by atoms with Gasteiger partial charge in [-0.15, -0.1) is 0 Å². The third kappa shape index (κ3) is 4.43. The summed E-state index contributed by atoms with van der Waals surface area (Å²) in [6, 6.07) is 10.9. The van der Waals surface area contributed by atoms with Gasteiger partial charge in [0.2, 0.25) is 5.95 Å². The highest BCUT2D eigenvalue weighted by atomic mass is 35.5. The molecule has 1 amide bonds. The quantitative estimate of drug-likeness (QED) is 0.678. The van der Waals surface area contributed by atoms with Gasteiger partial charge in [0.15, 0.2) is 0 Å². The first-order valence-corrected chi connectivity index (χ1v) is 7.88. The Morgan fingerprint density at radius 2 is 1.60 bits per heavy atom. The van der Waals surface area contributed by atoms with Crippen molar-refractivity contribution in [2.75, 3.05) is 10.6 Å². The molecule has 0 aliphatic heterocycles. The first kappa shape index (κ1) is 17.1. The maximum atomic E-state index is 13.1. The second-order valence-electron chi connectivity index (χ2n) is 5.01. The molecule has 8 heteroatoms. The molecule has 3 aromatic rings. The molecule has 0 unspecified atom stereocenters. The largest absolute Gasteiger partial charge is 0.324 e. The van der Waals surface area contributed by atoms with Crippen molar-refractivity contribution in [2.24, 2.45) is 0 Å². The molecule has 0 aliphatic carbocycles. The molecule has 0 radical (unpaired) electrons. The zero-order valence-corrected chi connectivity index (χ0v) is 14.1. The summed E-state index contributed by atoms with van der Waals surface area (Å²) < 4.78 is 13.1. The summed E-state index contributed by atoms with van der Waals surface area (Å²) >= 11 is 11.5. The third-order valence-electron chi connectivity index (χ3n) is 3.19. The van der Waals surface area contributed by atoms with Gasteiger partial charge in [0.25, 0.3) is 5.91 Å². The van der Waals surface area contributed by atoms with Gasteiger partial charge < -0.3 is 10.6 Å². The van der Waals surface area contributed by atoms with Gasteiger partial charge in [-0.05, 0) is 42.5 Å². The molecule has 0 fully saturated rings. The molecule has 1 aromatic heterocycles. The van der Waals surface area contributed by atoms with Gasteiger partial charge >= 0.3 is 0 Å². The van der Waals surface area contributed by atoms with E-state index in [9.17, 15) is 9.18 Å². The monoisotopic (exact) mass is 376 g/mol. The number of amides is 1. The number of hydrogen-bond acceptors (Lipinski definition) is 4. The maximum absolute atomic E-state index is 13.1. The second-order valence-corrected chi connectivity index (χ2v) is 5.85. The molecule has 25 heavy (non-hydrogen) atoms. The highest BCUT2D eigenvalue weighted by Gasteiger charge is 2.08. The van der Waals surface area contributed by atoms with Crippen molar-refractivity contribution >= 4 is 46.4 Å². The van der Waals surface area contributed by atoms with Crippen LogP contribution in [0.4, 0.5) is 21.7 Å². The van der Waals surface area contributed by atoms with Crippen molar-refractivity contribution in [3.05, 3.63) is 76.3 Å². The number of anilines is 3. The highest BCUT2D eigenvalue weighted by molar-refractivity contribution is 6.31. The number of carbonyl (C=O) groups is 1. The van der Waals surface area contributed by atoms with E-state index >= 15 is 0 Å². The molecular formula is C17H11Cl2FN4O. The highest BCUT2D eigenvalue weighted by Crippen LogP contribution is 2.21. The molecule has 0 atom stereocenters. The lowest BCUT2D eigenvalue weighted by Crippen LogP contribution is -2.13. The molecule has 0 bridgehead atoms. The summed E-state index contributed by atoms with van der Waals surface area (Å²) in [5, 5.41) is 6.16. The summed E-state index contributed by atoms with van der Waals surface area (Å²) in [4.78, 5) is 20.3. The van der Waals surface area contributed by atoms with Crippen LogP contribution in [0.1, 0.15) is 10.4 Å². The molecular weight excluding hydrogens is 366 g/mol. The Balaban J connectivity index is 1.67. The summed E-state index contributed by atoms with van der Waals surface area (Å²) in [5.41, 5.74) is 1.43. The van der Waals surface area contributed by atoms with Crippen molar-refractivity contribution < 1.29 is 9.18 Å². The van der Waals surface area contributed by atoms with E-state index in [2.05, 4.69) is 20.6 Å². The normalized spacial score (nSPS) is 10.4. The SMILES string of the molecule is O=C(Nc1ccc(Cl)cc1)c1cnc(Nc2ccc(F)c(Cl)c2)nc1. The van der Waals surface area contributed by atoms with Gasteiger partial charge in [-0.3, -0.25) is 4.79 Å². The van der Waals surface area contributed by atoms with Gasteiger partial charge in [0.05, 0.1) is 10.6 Å². The minimum atomic E-state index is -0.512. The van der Waals surface area contributed by atoms with Crippen LogP contribution in [0.5, 0.6) is 0 Å². The van der Waals surface area contributed by atoms with E-state index in [0.717, 1.165) is 0 Å². The number of rotatable bonds is 4. The summed E-state index contributed by atoms with van der Waals surface area (Å²) in [6.07, 6.45) is 2.76. The Hall–Kier alpha value is -2.70. The molecule has 0 saturated carbocycles. The number of aromatic nitrogens is 2. The predicted molar refractivity (Wildman–Crippen MR) is 96.1 cm³/mol. The maximum Gasteiger partial charge on any atom is 0.258 e. The van der Waals surface area contributed by atoms with Crippen molar-refractivity contribution in [2.45, 2.75) is 0 Å². The van der Waals surface area contributed by atoms with Crippen LogP contribution in [0.25, 0.3) is 0 Å². The number of nitrogens with zero attached hydrogens (tertiary/aromatic N) is 2. The van der Waals surface area contributed by atoms with Crippen LogP contribution in [0.15, 0.2) is 54.9 Å². The number of halogens is 3. The Morgan fingerprint density at radius 3 is 2.24 bits per heavy atom. The molecule has 3 rings (SSSR count). The molecule has 126 valence electrons. The zero-order valence-electron chi connectivity index (χ0n) is 12.6. The van der Waals surface area contributed by atoms with Crippen LogP contribution < -0.4 is 10.6 Å². The fourth-order valence-corrected chi connectivity index (χ4v) is 2.26. The summed E-state index contributed by atoms with van der Waals surface area (Å²) in [6.45, 7) is 0. The lowest BCUT2D eigenvalue weighted by atomic mass is 10.3. The smallest absolute Gasteiger partial charge is 0.258 e. The van der Waals surface area contributed by atoms with Gasteiger partial charge in [0, 0.05) is 28.8 Å². The number of benzene rings is 2. The van der Waals surface area contributed by atoms with Crippen LogP contribution >= 0.6 is 23.2 Å². The van der Waals surface area contributed by atoms with Gasteiger partial charge in [-0.2, -0.15) is 0 Å². The third-order valence-corrected chi connectivity index (χ3v) is 3.73. The van der Waals surface area contributed by atoms with E-state index in [4.69, 9.17) is 23.2 Å². The van der Waals surface area contributed by atoms with Crippen LogP contribution in [0.2, 0.25) is 10.0 Å². The lowest BCUT2D eigenvalue weighted by Gasteiger charge is -2.07. The Kier molecular flexibility index (Phi) is 5.11. The molecule has 5 nitrogen and oxygen atoms in total. The molecule has 0 saturated heterocycles. The minimum absolute atomic E-state index is 0.0102. The van der Waals surface area contributed by atoms with Crippen LogP contribution in [0.3, 0.4) is 0 Å². The van der Waals surface area contributed by atoms with Gasteiger partial charge in [-0.25, -0.2) is 14.4 Å². The second kappa shape index (κ2) is 7.46. The summed E-state index contributed by atoms with van der Waals surface area (Å²) in [5.74, 6) is -0.605. The predicted octanol–water partition coefficient (Wildman–Crippen LogP) is 4.92. The Bertz CT molecular complexity index is 902. The minimum Gasteiger partial charge on any atom is -0.324 e. The topological polar surface area (TPSA) is 66.9 Å². The zero-order chi connectivity index (χ0) is 17.8. The number of nitrogens with one attached hydrogen (secondary N) is 2. The average molecular weight is 377 g/mol. The molecule has 2 aromatic carbocycles. The van der Waals surface area contributed by atoms with Crippen LogP contribution in [0, 0.1) is 5.82 Å².